The maximum Gasteiger partial charge on any atom is 0.213 e. The number of hydrogen-bond acceptors (Lipinski definition) is 8. The highest BCUT2D eigenvalue weighted by Crippen LogP contribution is 2.20. The number of nitrogen functional groups attached to an aromatic ring is 1. The second-order valence-electron chi connectivity index (χ2n) is 4.06. The van der Waals surface area contributed by atoms with Crippen LogP contribution in [-0.4, -0.2) is 20.1 Å². The summed E-state index contributed by atoms with van der Waals surface area (Å²) in [6.07, 6.45) is 3.06. The van der Waals surface area contributed by atoms with Crippen LogP contribution in [0.5, 0.6) is 0 Å². The molecule has 0 saturated carbocycles. The summed E-state index contributed by atoms with van der Waals surface area (Å²) in [7, 11) is 0. The van der Waals surface area contributed by atoms with Crippen LogP contribution in [0, 0.1) is 6.92 Å². The van der Waals surface area contributed by atoms with Crippen LogP contribution in [-0.2, 0) is 13.0 Å². The summed E-state index contributed by atoms with van der Waals surface area (Å²) < 4.78 is 4.67. The first kappa shape index (κ1) is 13.2. The lowest BCUT2D eigenvalue weighted by Crippen LogP contribution is -2.15. The van der Waals surface area contributed by atoms with E-state index >= 15 is 0 Å². The molecule has 2 heterocycles. The van der Waals surface area contributed by atoms with E-state index in [1.807, 2.05) is 6.92 Å². The zero-order valence-electron chi connectivity index (χ0n) is 11.0. The Morgan fingerprint density at radius 2 is 2.05 bits per heavy atom. The lowest BCUT2D eigenvalue weighted by Gasteiger charge is -2.12. The lowest BCUT2D eigenvalue weighted by molar-refractivity contribution is 0.411. The molecule has 2 rings (SSSR count). The van der Waals surface area contributed by atoms with Gasteiger partial charge < -0.3 is 15.3 Å². The van der Waals surface area contributed by atoms with E-state index in [9.17, 15) is 0 Å². The predicted octanol–water partition coefficient (Wildman–Crippen LogP) is 1.02. The van der Waals surface area contributed by atoms with Gasteiger partial charge in [-0.2, -0.15) is 4.98 Å². The van der Waals surface area contributed by atoms with Crippen molar-refractivity contribution in [2.24, 2.45) is 5.84 Å². The molecule has 0 fully saturated rings. The summed E-state index contributed by atoms with van der Waals surface area (Å²) in [5, 5.41) is 6.89. The van der Waals surface area contributed by atoms with E-state index in [1.54, 1.807) is 0 Å². The summed E-state index contributed by atoms with van der Waals surface area (Å²) in [4.78, 5) is 12.8. The van der Waals surface area contributed by atoms with E-state index in [4.69, 9.17) is 5.84 Å². The molecule has 2 aromatic rings. The fraction of sp³-hybridized carbons (Fsp3) is 0.455. The van der Waals surface area contributed by atoms with Gasteiger partial charge in [-0.1, -0.05) is 12.1 Å². The van der Waals surface area contributed by atoms with Crippen LogP contribution < -0.4 is 16.6 Å². The third-order valence-electron chi connectivity index (χ3n) is 2.62. The number of hydrogen-bond donors (Lipinski definition) is 3. The Morgan fingerprint density at radius 1 is 1.26 bits per heavy atom. The molecule has 8 nitrogen and oxygen atoms in total. The molecule has 0 aromatic carbocycles. The second kappa shape index (κ2) is 6.10. The van der Waals surface area contributed by atoms with Crippen molar-refractivity contribution in [2.75, 3.05) is 10.7 Å². The largest absolute Gasteiger partial charge is 0.362 e. The van der Waals surface area contributed by atoms with Gasteiger partial charge in [0.25, 0.3) is 0 Å². The SMILES string of the molecule is CCCc1nc(NN)c(C)c(NCc2ncon2)n1. The molecular formula is C11H17N7O. The average Bonchev–Trinajstić information content (AvgIpc) is 2.92. The van der Waals surface area contributed by atoms with Crippen molar-refractivity contribution < 1.29 is 4.52 Å². The van der Waals surface area contributed by atoms with Crippen LogP contribution in [0.3, 0.4) is 0 Å². The van der Waals surface area contributed by atoms with Crippen LogP contribution >= 0.6 is 0 Å². The van der Waals surface area contributed by atoms with Crippen LogP contribution in [0.2, 0.25) is 0 Å². The highest BCUT2D eigenvalue weighted by Gasteiger charge is 2.10. The first-order valence-corrected chi connectivity index (χ1v) is 6.07. The van der Waals surface area contributed by atoms with Gasteiger partial charge in [-0.15, -0.1) is 0 Å². The van der Waals surface area contributed by atoms with Crippen molar-refractivity contribution in [1.82, 2.24) is 20.1 Å². The first-order chi connectivity index (χ1) is 9.24. The number of anilines is 2. The van der Waals surface area contributed by atoms with Gasteiger partial charge >= 0.3 is 0 Å². The van der Waals surface area contributed by atoms with Gasteiger partial charge in [-0.25, -0.2) is 15.8 Å². The minimum Gasteiger partial charge on any atom is -0.362 e. The number of nitrogens with one attached hydrogen (secondary N) is 2. The summed E-state index contributed by atoms with van der Waals surface area (Å²) in [5.41, 5.74) is 3.44. The normalized spacial score (nSPS) is 10.5. The number of hydrazine groups is 1. The Bertz CT molecular complexity index is 526. The highest BCUT2D eigenvalue weighted by atomic mass is 16.5. The zero-order chi connectivity index (χ0) is 13.7. The number of nitrogens with zero attached hydrogens (tertiary/aromatic N) is 4. The topological polar surface area (TPSA) is 115 Å². The van der Waals surface area contributed by atoms with Gasteiger partial charge in [0.05, 0.1) is 6.54 Å². The smallest absolute Gasteiger partial charge is 0.213 e. The lowest BCUT2D eigenvalue weighted by atomic mass is 10.2. The van der Waals surface area contributed by atoms with E-state index < -0.39 is 0 Å². The van der Waals surface area contributed by atoms with E-state index in [0.717, 1.165) is 30.0 Å². The molecule has 4 N–H and O–H groups in total. The number of aromatic nitrogens is 4. The van der Waals surface area contributed by atoms with Gasteiger partial charge in [0.1, 0.15) is 17.5 Å². The van der Waals surface area contributed by atoms with Crippen LogP contribution in [0.15, 0.2) is 10.9 Å². The Kier molecular flexibility index (Phi) is 4.24. The first-order valence-electron chi connectivity index (χ1n) is 6.07. The van der Waals surface area contributed by atoms with Gasteiger partial charge in [-0.05, 0) is 13.3 Å². The predicted molar refractivity (Wildman–Crippen MR) is 70.2 cm³/mol. The Morgan fingerprint density at radius 3 is 2.68 bits per heavy atom. The van der Waals surface area contributed by atoms with Gasteiger partial charge in [-0.3, -0.25) is 0 Å². The van der Waals surface area contributed by atoms with Crippen molar-refractivity contribution in [2.45, 2.75) is 33.2 Å². The maximum atomic E-state index is 5.47. The fourth-order valence-electron chi connectivity index (χ4n) is 1.64. The third kappa shape index (κ3) is 3.16. The highest BCUT2D eigenvalue weighted by molar-refractivity contribution is 5.56. The van der Waals surface area contributed by atoms with Crippen LogP contribution in [0.25, 0.3) is 0 Å². The molecule has 19 heavy (non-hydrogen) atoms. The molecule has 0 unspecified atom stereocenters. The molecule has 102 valence electrons. The Hall–Kier alpha value is -2.22. The molecule has 0 aliphatic carbocycles. The standard InChI is InChI=1S/C11H17N7O/c1-3-4-8-15-10(7(2)11(16-8)17-12)13-5-9-14-6-19-18-9/h6H,3-5,12H2,1-2H3,(H2,13,15,16,17). The Labute approximate surface area is 110 Å². The molecule has 0 atom stereocenters. The number of nitrogens with two attached hydrogens (primary N) is 1. The zero-order valence-corrected chi connectivity index (χ0v) is 11.0. The fourth-order valence-corrected chi connectivity index (χ4v) is 1.64. The molecule has 0 bridgehead atoms. The molecule has 0 aliphatic rings. The molecule has 0 saturated heterocycles. The summed E-state index contributed by atoms with van der Waals surface area (Å²) in [6.45, 7) is 4.40. The van der Waals surface area contributed by atoms with Gasteiger partial charge in [0, 0.05) is 12.0 Å². The van der Waals surface area contributed by atoms with E-state index in [-0.39, 0.29) is 0 Å². The average molecular weight is 263 g/mol. The Balaban J connectivity index is 2.19. The summed E-state index contributed by atoms with van der Waals surface area (Å²) in [5.74, 6) is 8.12. The third-order valence-corrected chi connectivity index (χ3v) is 2.62. The molecular weight excluding hydrogens is 246 g/mol. The summed E-state index contributed by atoms with van der Waals surface area (Å²) >= 11 is 0. The minimum absolute atomic E-state index is 0.434. The minimum atomic E-state index is 0.434. The molecule has 0 spiro atoms. The van der Waals surface area contributed by atoms with E-state index in [0.29, 0.717) is 18.2 Å². The van der Waals surface area contributed by atoms with Crippen molar-refractivity contribution in [3.05, 3.63) is 23.6 Å². The molecule has 0 aliphatic heterocycles. The maximum absolute atomic E-state index is 5.47. The van der Waals surface area contributed by atoms with Crippen molar-refractivity contribution >= 4 is 11.6 Å². The number of rotatable bonds is 6. The van der Waals surface area contributed by atoms with Crippen LogP contribution in [0.1, 0.15) is 30.6 Å². The van der Waals surface area contributed by atoms with Gasteiger partial charge in [0.15, 0.2) is 5.82 Å². The van der Waals surface area contributed by atoms with Crippen LogP contribution in [0.4, 0.5) is 11.6 Å². The van der Waals surface area contributed by atoms with Crippen molar-refractivity contribution in [1.29, 1.82) is 0 Å². The molecule has 2 aromatic heterocycles. The quantitative estimate of drug-likeness (QED) is 0.522. The summed E-state index contributed by atoms with van der Waals surface area (Å²) in [6, 6.07) is 0. The van der Waals surface area contributed by atoms with Gasteiger partial charge in [0.2, 0.25) is 6.39 Å². The van der Waals surface area contributed by atoms with E-state index in [2.05, 4.69) is 42.3 Å². The second-order valence-corrected chi connectivity index (χ2v) is 4.06. The van der Waals surface area contributed by atoms with Crippen molar-refractivity contribution in [3.8, 4) is 0 Å². The molecule has 0 radical (unpaired) electrons. The monoisotopic (exact) mass is 263 g/mol. The molecule has 0 amide bonds. The number of aryl methyl sites for hydroxylation is 1. The van der Waals surface area contributed by atoms with E-state index in [1.165, 1.54) is 6.39 Å². The van der Waals surface area contributed by atoms with Crippen molar-refractivity contribution in [3.63, 3.8) is 0 Å². The molecule has 8 heteroatoms.